The predicted octanol–water partition coefficient (Wildman–Crippen LogP) is 2.62. The van der Waals surface area contributed by atoms with Crippen LogP contribution >= 0.6 is 11.6 Å². The molecule has 0 saturated carbocycles. The third kappa shape index (κ3) is 2.53. The molecule has 0 unspecified atom stereocenters. The molecule has 0 aliphatic carbocycles. The van der Waals surface area contributed by atoms with E-state index in [4.69, 9.17) is 21.4 Å². The van der Waals surface area contributed by atoms with Gasteiger partial charge in [0, 0.05) is 23.8 Å². The highest BCUT2D eigenvalue weighted by atomic mass is 35.5. The number of nitrogens with zero attached hydrogens (tertiary/aromatic N) is 1. The standard InChI is InChI=1S/C14H12ClNO4/c1-16-7-8(5-11(16)14(18)19)13(17)10-4-3-9(15)6-12(10)20-2/h3-7H,1-2H3,(H,18,19). The minimum atomic E-state index is -1.09. The van der Waals surface area contributed by atoms with Gasteiger partial charge in [-0.15, -0.1) is 0 Å². The Kier molecular flexibility index (Phi) is 3.81. The van der Waals surface area contributed by atoms with E-state index in [1.165, 1.54) is 30.0 Å². The summed E-state index contributed by atoms with van der Waals surface area (Å²) in [6.07, 6.45) is 1.47. The zero-order chi connectivity index (χ0) is 14.9. The minimum Gasteiger partial charge on any atom is -0.496 e. The molecule has 1 aromatic carbocycles. The van der Waals surface area contributed by atoms with Gasteiger partial charge in [-0.2, -0.15) is 0 Å². The molecule has 20 heavy (non-hydrogen) atoms. The highest BCUT2D eigenvalue weighted by Gasteiger charge is 2.19. The van der Waals surface area contributed by atoms with E-state index in [-0.39, 0.29) is 17.0 Å². The molecular formula is C14H12ClNO4. The smallest absolute Gasteiger partial charge is 0.352 e. The maximum Gasteiger partial charge on any atom is 0.352 e. The summed E-state index contributed by atoms with van der Waals surface area (Å²) in [6.45, 7) is 0. The fourth-order valence-electron chi connectivity index (χ4n) is 1.91. The summed E-state index contributed by atoms with van der Waals surface area (Å²) in [5.41, 5.74) is 0.659. The Labute approximate surface area is 120 Å². The lowest BCUT2D eigenvalue weighted by Crippen LogP contribution is -2.03. The number of carboxylic acid groups (broad SMARTS) is 1. The van der Waals surface area contributed by atoms with Gasteiger partial charge in [0.05, 0.1) is 12.7 Å². The molecular weight excluding hydrogens is 282 g/mol. The van der Waals surface area contributed by atoms with Crippen LogP contribution in [0.15, 0.2) is 30.5 Å². The highest BCUT2D eigenvalue weighted by molar-refractivity contribution is 6.31. The third-order valence-corrected chi connectivity index (χ3v) is 3.13. The molecule has 1 aromatic heterocycles. The lowest BCUT2D eigenvalue weighted by Gasteiger charge is -2.06. The van der Waals surface area contributed by atoms with Gasteiger partial charge in [-0.25, -0.2) is 4.79 Å². The van der Waals surface area contributed by atoms with Crippen molar-refractivity contribution >= 4 is 23.4 Å². The average molecular weight is 294 g/mol. The number of carbonyl (C=O) groups excluding carboxylic acids is 1. The highest BCUT2D eigenvalue weighted by Crippen LogP contribution is 2.26. The molecule has 0 fully saturated rings. The molecule has 0 spiro atoms. The number of aromatic nitrogens is 1. The normalized spacial score (nSPS) is 10.3. The summed E-state index contributed by atoms with van der Waals surface area (Å²) in [6, 6.07) is 6.00. The van der Waals surface area contributed by atoms with Crippen molar-refractivity contribution in [2.75, 3.05) is 7.11 Å². The van der Waals surface area contributed by atoms with Crippen molar-refractivity contribution in [2.45, 2.75) is 0 Å². The number of ketones is 1. The Morgan fingerprint density at radius 3 is 2.55 bits per heavy atom. The fraction of sp³-hybridized carbons (Fsp3) is 0.143. The molecule has 2 aromatic rings. The lowest BCUT2D eigenvalue weighted by molar-refractivity contribution is 0.0686. The molecule has 1 N–H and O–H groups in total. The summed E-state index contributed by atoms with van der Waals surface area (Å²) in [5, 5.41) is 9.45. The third-order valence-electron chi connectivity index (χ3n) is 2.89. The number of hydrogen-bond acceptors (Lipinski definition) is 3. The second-order valence-electron chi connectivity index (χ2n) is 4.20. The predicted molar refractivity (Wildman–Crippen MR) is 73.8 cm³/mol. The van der Waals surface area contributed by atoms with E-state index in [1.807, 2.05) is 0 Å². The Bertz CT molecular complexity index is 690. The summed E-state index contributed by atoms with van der Waals surface area (Å²) in [5.74, 6) is -1.06. The van der Waals surface area contributed by atoms with Gasteiger partial charge in [0.2, 0.25) is 0 Å². The van der Waals surface area contributed by atoms with Crippen molar-refractivity contribution in [1.29, 1.82) is 0 Å². The number of halogens is 1. The van der Waals surface area contributed by atoms with E-state index < -0.39 is 5.97 Å². The Morgan fingerprint density at radius 1 is 1.30 bits per heavy atom. The van der Waals surface area contributed by atoms with Crippen LogP contribution in [-0.4, -0.2) is 28.5 Å². The molecule has 1 heterocycles. The number of aryl methyl sites for hydroxylation is 1. The number of carbonyl (C=O) groups is 2. The van der Waals surface area contributed by atoms with Crippen molar-refractivity contribution in [1.82, 2.24) is 4.57 Å². The summed E-state index contributed by atoms with van der Waals surface area (Å²) in [4.78, 5) is 23.4. The molecule has 0 saturated heterocycles. The second-order valence-corrected chi connectivity index (χ2v) is 4.64. The van der Waals surface area contributed by atoms with Crippen molar-refractivity contribution in [3.05, 3.63) is 52.3 Å². The number of carboxylic acids is 1. The van der Waals surface area contributed by atoms with Crippen LogP contribution in [0.1, 0.15) is 26.4 Å². The first-order chi connectivity index (χ1) is 9.43. The lowest BCUT2D eigenvalue weighted by atomic mass is 10.0. The molecule has 0 aliphatic rings. The average Bonchev–Trinajstić information content (AvgIpc) is 2.80. The molecule has 0 radical (unpaired) electrons. The maximum atomic E-state index is 12.4. The molecule has 6 heteroatoms. The van der Waals surface area contributed by atoms with Gasteiger partial charge in [0.15, 0.2) is 5.78 Å². The van der Waals surface area contributed by atoms with E-state index in [1.54, 1.807) is 19.2 Å². The molecule has 5 nitrogen and oxygen atoms in total. The van der Waals surface area contributed by atoms with Gasteiger partial charge in [0.1, 0.15) is 11.4 Å². The Morgan fingerprint density at radius 2 is 2.00 bits per heavy atom. The van der Waals surface area contributed by atoms with E-state index >= 15 is 0 Å². The monoisotopic (exact) mass is 293 g/mol. The van der Waals surface area contributed by atoms with Crippen LogP contribution in [0.2, 0.25) is 5.02 Å². The quantitative estimate of drug-likeness (QED) is 0.880. The van der Waals surface area contributed by atoms with Gasteiger partial charge in [0.25, 0.3) is 0 Å². The number of hydrogen-bond donors (Lipinski definition) is 1. The number of ether oxygens (including phenoxy) is 1. The van der Waals surface area contributed by atoms with Gasteiger partial charge in [-0.05, 0) is 24.3 Å². The van der Waals surface area contributed by atoms with E-state index in [2.05, 4.69) is 0 Å². The fourth-order valence-corrected chi connectivity index (χ4v) is 2.07. The van der Waals surface area contributed by atoms with Crippen molar-refractivity contribution in [3.63, 3.8) is 0 Å². The van der Waals surface area contributed by atoms with Crippen LogP contribution in [0.4, 0.5) is 0 Å². The Hall–Kier alpha value is -2.27. The number of benzene rings is 1. The van der Waals surface area contributed by atoms with Crippen LogP contribution in [0.25, 0.3) is 0 Å². The van der Waals surface area contributed by atoms with Gasteiger partial charge >= 0.3 is 5.97 Å². The van der Waals surface area contributed by atoms with Crippen molar-refractivity contribution in [2.24, 2.45) is 7.05 Å². The second kappa shape index (κ2) is 5.38. The zero-order valence-corrected chi connectivity index (χ0v) is 11.6. The summed E-state index contributed by atoms with van der Waals surface area (Å²) < 4.78 is 6.51. The van der Waals surface area contributed by atoms with E-state index in [9.17, 15) is 9.59 Å². The van der Waals surface area contributed by atoms with Gasteiger partial charge in [-0.3, -0.25) is 4.79 Å². The molecule has 104 valence electrons. The molecule has 0 amide bonds. The van der Waals surface area contributed by atoms with Crippen LogP contribution in [0, 0.1) is 0 Å². The number of rotatable bonds is 4. The maximum absolute atomic E-state index is 12.4. The van der Waals surface area contributed by atoms with E-state index in [0.29, 0.717) is 16.3 Å². The van der Waals surface area contributed by atoms with Gasteiger partial charge < -0.3 is 14.4 Å². The first kappa shape index (κ1) is 14.1. The molecule has 2 rings (SSSR count). The molecule has 0 bridgehead atoms. The van der Waals surface area contributed by atoms with Crippen molar-refractivity contribution in [3.8, 4) is 5.75 Å². The molecule has 0 aliphatic heterocycles. The van der Waals surface area contributed by atoms with Gasteiger partial charge in [-0.1, -0.05) is 11.6 Å². The topological polar surface area (TPSA) is 68.5 Å². The van der Waals surface area contributed by atoms with E-state index in [0.717, 1.165) is 0 Å². The van der Waals surface area contributed by atoms with Crippen LogP contribution in [-0.2, 0) is 7.05 Å². The number of aromatic carboxylic acids is 1. The summed E-state index contributed by atoms with van der Waals surface area (Å²) in [7, 11) is 3.01. The SMILES string of the molecule is COc1cc(Cl)ccc1C(=O)c1cc(C(=O)O)n(C)c1. The Balaban J connectivity index is 2.46. The summed E-state index contributed by atoms with van der Waals surface area (Å²) >= 11 is 5.84. The molecule has 0 atom stereocenters. The zero-order valence-electron chi connectivity index (χ0n) is 10.9. The largest absolute Gasteiger partial charge is 0.496 e. The van der Waals surface area contributed by atoms with Crippen LogP contribution in [0.5, 0.6) is 5.75 Å². The minimum absolute atomic E-state index is 0.0429. The first-order valence-corrected chi connectivity index (χ1v) is 6.09. The van der Waals surface area contributed by atoms with Crippen molar-refractivity contribution < 1.29 is 19.4 Å². The first-order valence-electron chi connectivity index (χ1n) is 5.72. The van der Waals surface area contributed by atoms with Crippen LogP contribution in [0.3, 0.4) is 0 Å². The van der Waals surface area contributed by atoms with Crippen LogP contribution < -0.4 is 4.74 Å². The number of methoxy groups -OCH3 is 1.